The van der Waals surface area contributed by atoms with Crippen molar-refractivity contribution in [1.29, 1.82) is 0 Å². The van der Waals surface area contributed by atoms with Crippen LogP contribution < -0.4 is 10.2 Å². The Morgan fingerprint density at radius 3 is 2.67 bits per heavy atom. The van der Waals surface area contributed by atoms with Gasteiger partial charge in [0.05, 0.1) is 17.7 Å². The third-order valence-corrected chi connectivity index (χ3v) is 5.30. The van der Waals surface area contributed by atoms with E-state index in [0.29, 0.717) is 12.3 Å². The van der Waals surface area contributed by atoms with Crippen molar-refractivity contribution in [3.8, 4) is 0 Å². The van der Waals surface area contributed by atoms with Crippen LogP contribution in [0.2, 0.25) is 0 Å². The van der Waals surface area contributed by atoms with Gasteiger partial charge in [-0.25, -0.2) is 8.42 Å². The molecule has 0 saturated carbocycles. The van der Waals surface area contributed by atoms with Gasteiger partial charge in [0.15, 0.2) is 9.84 Å². The van der Waals surface area contributed by atoms with Crippen molar-refractivity contribution in [1.82, 2.24) is 5.32 Å². The van der Waals surface area contributed by atoms with Crippen molar-refractivity contribution in [3.63, 3.8) is 0 Å². The van der Waals surface area contributed by atoms with E-state index in [1.807, 2.05) is 11.0 Å². The number of nitrogens with one attached hydrogen (secondary N) is 1. The summed E-state index contributed by atoms with van der Waals surface area (Å²) in [6.45, 7) is 1.14. The summed E-state index contributed by atoms with van der Waals surface area (Å²) in [4.78, 5) is 14.8. The van der Waals surface area contributed by atoms with E-state index in [0.717, 1.165) is 25.1 Å². The Balaban J connectivity index is 1.69. The summed E-state index contributed by atoms with van der Waals surface area (Å²) in [5.74, 6) is 0.668. The molecule has 24 heavy (non-hydrogen) atoms. The number of sulfone groups is 1. The van der Waals surface area contributed by atoms with Crippen molar-refractivity contribution in [3.05, 3.63) is 48.4 Å². The largest absolute Gasteiger partial charge is 0.467 e. The maximum atomic E-state index is 12.5. The van der Waals surface area contributed by atoms with Gasteiger partial charge in [0.2, 0.25) is 5.91 Å². The molecule has 0 aliphatic carbocycles. The molecule has 1 aromatic heterocycles. The number of nitrogens with zero attached hydrogens (tertiary/aromatic N) is 1. The molecule has 7 heteroatoms. The number of amides is 1. The van der Waals surface area contributed by atoms with Gasteiger partial charge >= 0.3 is 0 Å². The van der Waals surface area contributed by atoms with Crippen LogP contribution >= 0.6 is 0 Å². The predicted octanol–water partition coefficient (Wildman–Crippen LogP) is 1.97. The number of hydrogen-bond acceptors (Lipinski definition) is 5. The molecule has 3 rings (SSSR count). The highest BCUT2D eigenvalue weighted by Crippen LogP contribution is 2.26. The van der Waals surface area contributed by atoms with Crippen LogP contribution in [0.4, 0.5) is 5.69 Å². The minimum absolute atomic E-state index is 0.0453. The van der Waals surface area contributed by atoms with Gasteiger partial charge in [0.1, 0.15) is 11.8 Å². The molecule has 128 valence electrons. The molecule has 1 N–H and O–H groups in total. The highest BCUT2D eigenvalue weighted by Gasteiger charge is 2.30. The summed E-state index contributed by atoms with van der Waals surface area (Å²) in [7, 11) is -3.21. The average molecular weight is 348 g/mol. The molecule has 0 spiro atoms. The van der Waals surface area contributed by atoms with Crippen LogP contribution in [0.1, 0.15) is 18.6 Å². The lowest BCUT2D eigenvalue weighted by Gasteiger charge is -2.26. The fraction of sp³-hybridized carbons (Fsp3) is 0.353. The fourth-order valence-electron chi connectivity index (χ4n) is 2.94. The van der Waals surface area contributed by atoms with Crippen molar-refractivity contribution >= 4 is 21.4 Å². The summed E-state index contributed by atoms with van der Waals surface area (Å²) in [6, 6.07) is 10.0. The molecule has 2 heterocycles. The molecule has 0 radical (unpaired) electrons. The summed E-state index contributed by atoms with van der Waals surface area (Å²) in [5, 5.41) is 2.89. The van der Waals surface area contributed by atoms with Crippen molar-refractivity contribution in [2.75, 3.05) is 17.7 Å². The second-order valence-electron chi connectivity index (χ2n) is 5.91. The molecular formula is C17H20N2O4S. The number of hydrogen-bond donors (Lipinski definition) is 1. The Hall–Kier alpha value is -2.28. The van der Waals surface area contributed by atoms with Crippen LogP contribution in [0.25, 0.3) is 0 Å². The lowest BCUT2D eigenvalue weighted by atomic mass is 10.2. The number of carbonyl (C=O) groups excluding carboxylic acids is 1. The standard InChI is InChI=1S/C17H20N2O4S/c1-24(21,22)15-8-6-13(7-9-15)19-10-2-5-16(19)17(20)18-12-14-4-3-11-23-14/h3-4,6-9,11,16H,2,5,10,12H2,1H3,(H,18,20)/t16-/m0/s1. The number of carbonyl (C=O) groups is 1. The van der Waals surface area contributed by atoms with Crippen LogP contribution in [0, 0.1) is 0 Å². The van der Waals surface area contributed by atoms with Crippen LogP contribution in [0.5, 0.6) is 0 Å². The Morgan fingerprint density at radius 2 is 2.04 bits per heavy atom. The maximum absolute atomic E-state index is 12.5. The second-order valence-corrected chi connectivity index (χ2v) is 7.93. The molecule has 6 nitrogen and oxygen atoms in total. The van der Waals surface area contributed by atoms with Gasteiger partial charge in [-0.1, -0.05) is 0 Å². The molecular weight excluding hydrogens is 328 g/mol. The van der Waals surface area contributed by atoms with Gasteiger partial charge < -0.3 is 14.6 Å². The Bertz CT molecular complexity index is 798. The van der Waals surface area contributed by atoms with Gasteiger partial charge in [-0.05, 0) is 49.2 Å². The van der Waals surface area contributed by atoms with Crippen molar-refractivity contribution < 1.29 is 17.6 Å². The van der Waals surface area contributed by atoms with E-state index in [1.165, 1.54) is 6.26 Å². The molecule has 0 unspecified atom stereocenters. The van der Waals surface area contributed by atoms with E-state index < -0.39 is 9.84 Å². The Morgan fingerprint density at radius 1 is 1.29 bits per heavy atom. The van der Waals surface area contributed by atoms with E-state index in [-0.39, 0.29) is 16.8 Å². The summed E-state index contributed by atoms with van der Waals surface area (Å²) in [6.07, 6.45) is 4.46. The molecule has 1 aliphatic heterocycles. The zero-order valence-electron chi connectivity index (χ0n) is 13.4. The third kappa shape index (κ3) is 3.62. The molecule has 1 saturated heterocycles. The lowest BCUT2D eigenvalue weighted by molar-refractivity contribution is -0.122. The molecule has 1 aliphatic rings. The van der Waals surface area contributed by atoms with E-state index in [2.05, 4.69) is 5.32 Å². The summed E-state index contributed by atoms with van der Waals surface area (Å²) in [5.41, 5.74) is 0.859. The first kappa shape index (κ1) is 16.6. The zero-order valence-corrected chi connectivity index (χ0v) is 14.3. The summed E-state index contributed by atoms with van der Waals surface area (Å²) >= 11 is 0. The second kappa shape index (κ2) is 6.68. The quantitative estimate of drug-likeness (QED) is 0.894. The van der Waals surface area contributed by atoms with E-state index in [1.54, 1.807) is 36.6 Å². The summed E-state index contributed by atoms with van der Waals surface area (Å²) < 4.78 is 28.3. The first-order valence-corrected chi connectivity index (χ1v) is 9.71. The fourth-order valence-corrected chi connectivity index (χ4v) is 3.57. The number of anilines is 1. The third-order valence-electron chi connectivity index (χ3n) is 4.17. The monoisotopic (exact) mass is 348 g/mol. The van der Waals surface area contributed by atoms with Crippen LogP contribution in [-0.4, -0.2) is 33.2 Å². The topological polar surface area (TPSA) is 79.6 Å². The smallest absolute Gasteiger partial charge is 0.243 e. The minimum atomic E-state index is -3.21. The maximum Gasteiger partial charge on any atom is 0.243 e. The molecule has 0 bridgehead atoms. The SMILES string of the molecule is CS(=O)(=O)c1ccc(N2CCC[C@H]2C(=O)NCc2ccco2)cc1. The zero-order chi connectivity index (χ0) is 17.2. The van der Waals surface area contributed by atoms with Gasteiger partial charge in [-0.15, -0.1) is 0 Å². The number of benzene rings is 1. The van der Waals surface area contributed by atoms with Gasteiger partial charge in [0, 0.05) is 18.5 Å². The van der Waals surface area contributed by atoms with Crippen LogP contribution in [-0.2, 0) is 21.2 Å². The molecule has 1 aromatic carbocycles. The lowest BCUT2D eigenvalue weighted by Crippen LogP contribution is -2.43. The Kier molecular flexibility index (Phi) is 4.62. The number of rotatable bonds is 5. The van der Waals surface area contributed by atoms with Crippen molar-refractivity contribution in [2.24, 2.45) is 0 Å². The van der Waals surface area contributed by atoms with E-state index in [9.17, 15) is 13.2 Å². The van der Waals surface area contributed by atoms with Crippen LogP contribution in [0.3, 0.4) is 0 Å². The van der Waals surface area contributed by atoms with Gasteiger partial charge in [-0.2, -0.15) is 0 Å². The molecule has 1 atom stereocenters. The number of furan rings is 1. The van der Waals surface area contributed by atoms with E-state index >= 15 is 0 Å². The predicted molar refractivity (Wildman–Crippen MR) is 90.5 cm³/mol. The Labute approximate surface area is 141 Å². The first-order chi connectivity index (χ1) is 11.4. The van der Waals surface area contributed by atoms with Crippen LogP contribution in [0.15, 0.2) is 52.0 Å². The molecule has 1 amide bonds. The van der Waals surface area contributed by atoms with Gasteiger partial charge in [-0.3, -0.25) is 4.79 Å². The highest BCUT2D eigenvalue weighted by atomic mass is 32.2. The van der Waals surface area contributed by atoms with Gasteiger partial charge in [0.25, 0.3) is 0 Å². The highest BCUT2D eigenvalue weighted by molar-refractivity contribution is 7.90. The molecule has 1 fully saturated rings. The van der Waals surface area contributed by atoms with Crippen molar-refractivity contribution in [2.45, 2.75) is 30.3 Å². The first-order valence-electron chi connectivity index (χ1n) is 7.82. The van der Waals surface area contributed by atoms with E-state index in [4.69, 9.17) is 4.42 Å². The normalized spacial score (nSPS) is 17.9. The average Bonchev–Trinajstić information content (AvgIpc) is 3.23. The molecule has 2 aromatic rings. The minimum Gasteiger partial charge on any atom is -0.467 e.